The number of aromatic nitrogens is 1. The van der Waals surface area contributed by atoms with Gasteiger partial charge < -0.3 is 0 Å². The molecule has 1 aromatic rings. The highest BCUT2D eigenvalue weighted by molar-refractivity contribution is 5.93. The van der Waals surface area contributed by atoms with Crippen molar-refractivity contribution in [3.05, 3.63) is 30.1 Å². The van der Waals surface area contributed by atoms with E-state index in [1.807, 2.05) is 5.43 Å². The molecule has 52 valence electrons. The maximum absolute atomic E-state index is 10.7. The van der Waals surface area contributed by atoms with E-state index in [4.69, 9.17) is 5.84 Å². The van der Waals surface area contributed by atoms with E-state index in [1.165, 1.54) is 12.4 Å². The van der Waals surface area contributed by atoms with Gasteiger partial charge in [0.15, 0.2) is 0 Å². The van der Waals surface area contributed by atoms with E-state index in [1.54, 1.807) is 12.1 Å². The fourth-order valence-corrected chi connectivity index (χ4v) is 0.587. The van der Waals surface area contributed by atoms with E-state index in [-0.39, 0.29) is 5.91 Å². The van der Waals surface area contributed by atoms with Crippen LogP contribution in [-0.4, -0.2) is 10.9 Å². The Morgan fingerprint density at radius 2 is 2.10 bits per heavy atom. The second-order valence-electron chi connectivity index (χ2n) is 1.71. The Bertz CT molecular complexity index is 222. The summed E-state index contributed by atoms with van der Waals surface area (Å²) >= 11 is 0. The van der Waals surface area contributed by atoms with Crippen LogP contribution in [0.2, 0.25) is 0 Å². The molecule has 1 amide bonds. The van der Waals surface area contributed by atoms with Crippen LogP contribution in [0.15, 0.2) is 24.5 Å². The topological polar surface area (TPSA) is 68.0 Å². The van der Waals surface area contributed by atoms with Gasteiger partial charge in [-0.3, -0.25) is 15.2 Å². The predicted octanol–water partition coefficient (Wildman–Crippen LogP) is -0.315. The summed E-state index contributed by atoms with van der Waals surface area (Å²) in [4.78, 5) is 14.5. The molecule has 0 unspecified atom stereocenters. The summed E-state index contributed by atoms with van der Waals surface area (Å²) in [6, 6.07) is 3.17. The first-order valence-corrected chi connectivity index (χ1v) is 2.75. The normalized spacial score (nSPS) is 8.90. The highest BCUT2D eigenvalue weighted by atomic mass is 16.2. The summed E-state index contributed by atoms with van der Waals surface area (Å²) in [6.45, 7) is 0. The van der Waals surface area contributed by atoms with Crippen LogP contribution < -0.4 is 11.3 Å². The molecular weight excluding hydrogens is 131 g/mol. The summed E-state index contributed by atoms with van der Waals surface area (Å²) in [6.07, 6.45) is 3.06. The van der Waals surface area contributed by atoms with Gasteiger partial charge in [-0.05, 0) is 12.1 Å². The quantitative estimate of drug-likeness (QED) is 0.242. The smallest absolute Gasteiger partial charge is 0.265 e. The van der Waals surface area contributed by atoms with Crippen LogP contribution in [0.3, 0.4) is 0 Å². The predicted molar refractivity (Wildman–Crippen MR) is 35.9 cm³/mol. The zero-order valence-electron chi connectivity index (χ0n) is 5.24. The fourth-order valence-electron chi connectivity index (χ4n) is 0.587. The van der Waals surface area contributed by atoms with E-state index in [9.17, 15) is 4.79 Å². The minimum Gasteiger partial charge on any atom is -0.290 e. The van der Waals surface area contributed by atoms with Crippen LogP contribution in [0, 0.1) is 0 Å². The number of nitrogens with two attached hydrogens (primary N) is 1. The van der Waals surface area contributed by atoms with Crippen LogP contribution in [0.1, 0.15) is 10.4 Å². The standard InChI is InChI=1S/C6H7N3O/c7-9-6(10)5-1-3-8-4-2-5/h1-4H,7H2,(H,9,10)/i6+1. The van der Waals surface area contributed by atoms with Crippen LogP contribution in [0.25, 0.3) is 0 Å². The minimum atomic E-state index is -0.303. The molecular formula is C6H7N3O. The van der Waals surface area contributed by atoms with Gasteiger partial charge in [-0.1, -0.05) is 0 Å². The van der Waals surface area contributed by atoms with Gasteiger partial charge in [0.05, 0.1) is 0 Å². The van der Waals surface area contributed by atoms with Gasteiger partial charge in [0.25, 0.3) is 5.91 Å². The molecule has 3 N–H and O–H groups in total. The molecule has 1 rings (SSSR count). The Hall–Kier alpha value is -1.42. The van der Waals surface area contributed by atoms with Crippen molar-refractivity contribution >= 4 is 5.91 Å². The molecule has 0 bridgehead atoms. The maximum atomic E-state index is 10.7. The highest BCUT2D eigenvalue weighted by Crippen LogP contribution is 1.93. The third-order valence-electron chi connectivity index (χ3n) is 1.07. The number of carbonyl (C=O) groups is 1. The lowest BCUT2D eigenvalue weighted by atomic mass is 10.4. The van der Waals surface area contributed by atoms with E-state index >= 15 is 0 Å². The zero-order valence-corrected chi connectivity index (χ0v) is 5.24. The molecule has 0 saturated heterocycles. The Morgan fingerprint density at radius 3 is 2.60 bits per heavy atom. The van der Waals surface area contributed by atoms with Crippen molar-refractivity contribution in [1.82, 2.24) is 10.4 Å². The molecule has 0 aromatic carbocycles. The number of amides is 1. The molecule has 4 nitrogen and oxygen atoms in total. The van der Waals surface area contributed by atoms with E-state index in [2.05, 4.69) is 4.98 Å². The van der Waals surface area contributed by atoms with Gasteiger partial charge in [-0.2, -0.15) is 0 Å². The van der Waals surface area contributed by atoms with Crippen molar-refractivity contribution in [2.45, 2.75) is 0 Å². The number of rotatable bonds is 1. The average molecular weight is 138 g/mol. The van der Waals surface area contributed by atoms with Gasteiger partial charge in [0, 0.05) is 18.0 Å². The number of pyridine rings is 1. The Labute approximate surface area is 58.0 Å². The van der Waals surface area contributed by atoms with Crippen molar-refractivity contribution in [2.75, 3.05) is 0 Å². The van der Waals surface area contributed by atoms with Crippen molar-refractivity contribution in [3.8, 4) is 0 Å². The number of nitrogens with zero attached hydrogens (tertiary/aromatic N) is 1. The lowest BCUT2D eigenvalue weighted by Crippen LogP contribution is -2.29. The molecule has 0 saturated carbocycles. The molecule has 1 heterocycles. The van der Waals surface area contributed by atoms with E-state index in [0.717, 1.165) is 0 Å². The van der Waals surface area contributed by atoms with Crippen molar-refractivity contribution in [2.24, 2.45) is 5.84 Å². The minimum absolute atomic E-state index is 0.303. The second-order valence-corrected chi connectivity index (χ2v) is 1.71. The average Bonchev–Trinajstić information content (AvgIpc) is 2.05. The molecule has 0 atom stereocenters. The van der Waals surface area contributed by atoms with E-state index in [0.29, 0.717) is 5.56 Å². The molecule has 0 aliphatic heterocycles. The van der Waals surface area contributed by atoms with Gasteiger partial charge >= 0.3 is 0 Å². The van der Waals surface area contributed by atoms with Crippen LogP contribution in [0.4, 0.5) is 0 Å². The number of nitrogens with one attached hydrogen (secondary N) is 1. The largest absolute Gasteiger partial charge is 0.290 e. The third-order valence-corrected chi connectivity index (χ3v) is 1.07. The summed E-state index contributed by atoms with van der Waals surface area (Å²) in [5.41, 5.74) is 2.53. The maximum Gasteiger partial charge on any atom is 0.265 e. The van der Waals surface area contributed by atoms with Crippen LogP contribution in [-0.2, 0) is 0 Å². The molecule has 0 aliphatic carbocycles. The summed E-state index contributed by atoms with van der Waals surface area (Å²) < 4.78 is 0. The summed E-state index contributed by atoms with van der Waals surface area (Å²) in [5.74, 6) is 4.58. The number of hydrazine groups is 1. The molecule has 4 heteroatoms. The number of hydrogen-bond acceptors (Lipinski definition) is 3. The van der Waals surface area contributed by atoms with Gasteiger partial charge in [0.2, 0.25) is 0 Å². The highest BCUT2D eigenvalue weighted by Gasteiger charge is 1.98. The first kappa shape index (κ1) is 6.70. The fraction of sp³-hybridized carbons (Fsp3) is 0. The van der Waals surface area contributed by atoms with Crippen LogP contribution >= 0.6 is 0 Å². The third kappa shape index (κ3) is 1.29. The summed E-state index contributed by atoms with van der Waals surface area (Å²) in [7, 11) is 0. The molecule has 0 aliphatic rings. The van der Waals surface area contributed by atoms with Gasteiger partial charge in [-0.25, -0.2) is 5.84 Å². The number of nitrogen functional groups attached to an aromatic ring is 1. The molecule has 0 fully saturated rings. The first-order chi connectivity index (χ1) is 4.84. The first-order valence-electron chi connectivity index (χ1n) is 2.75. The second kappa shape index (κ2) is 2.93. The lowest BCUT2D eigenvalue weighted by Gasteiger charge is -1.95. The van der Waals surface area contributed by atoms with Gasteiger partial charge in [-0.15, -0.1) is 0 Å². The molecule has 0 spiro atoms. The molecule has 0 radical (unpaired) electrons. The van der Waals surface area contributed by atoms with Gasteiger partial charge in [0.1, 0.15) is 0 Å². The Kier molecular flexibility index (Phi) is 1.96. The molecule has 10 heavy (non-hydrogen) atoms. The monoisotopic (exact) mass is 138 g/mol. The Morgan fingerprint density at radius 1 is 1.50 bits per heavy atom. The van der Waals surface area contributed by atoms with Crippen molar-refractivity contribution in [3.63, 3.8) is 0 Å². The number of hydrogen-bond donors (Lipinski definition) is 2. The Balaban J connectivity index is 2.85. The van der Waals surface area contributed by atoms with E-state index < -0.39 is 0 Å². The van der Waals surface area contributed by atoms with Crippen molar-refractivity contribution in [1.29, 1.82) is 0 Å². The number of carbonyl (C=O) groups excluding carboxylic acids is 1. The zero-order chi connectivity index (χ0) is 7.40. The lowest BCUT2D eigenvalue weighted by molar-refractivity contribution is 0.0953. The molecule has 1 aromatic heterocycles. The van der Waals surface area contributed by atoms with Crippen molar-refractivity contribution < 1.29 is 4.79 Å². The van der Waals surface area contributed by atoms with Crippen LogP contribution in [0.5, 0.6) is 0 Å². The SMILES string of the molecule is NN[13C](=O)c1ccncc1. The summed E-state index contributed by atoms with van der Waals surface area (Å²) in [5, 5.41) is 0.